The molecular formula is C20H25N7O3. The Morgan fingerprint density at radius 2 is 1.93 bits per heavy atom. The lowest BCUT2D eigenvalue weighted by molar-refractivity contribution is 0.113. The van der Waals surface area contributed by atoms with Crippen molar-refractivity contribution in [3.05, 3.63) is 18.0 Å². The van der Waals surface area contributed by atoms with Gasteiger partial charge in [-0.3, -0.25) is 4.90 Å². The van der Waals surface area contributed by atoms with Gasteiger partial charge in [0.25, 0.3) is 0 Å². The van der Waals surface area contributed by atoms with E-state index in [1.165, 1.54) is 0 Å². The van der Waals surface area contributed by atoms with E-state index in [2.05, 4.69) is 14.9 Å². The van der Waals surface area contributed by atoms with Crippen molar-refractivity contribution in [1.29, 1.82) is 0 Å². The fourth-order valence-corrected chi connectivity index (χ4v) is 4.42. The Balaban J connectivity index is 1.60. The molecule has 2 aromatic heterocycles. The largest absolute Gasteiger partial charge is 0.444 e. The molecule has 0 spiro atoms. The molecule has 3 aliphatic rings. The number of hydrogen-bond acceptors (Lipinski definition) is 9. The molecule has 0 bridgehead atoms. The average molecular weight is 411 g/mol. The van der Waals surface area contributed by atoms with Gasteiger partial charge >= 0.3 is 6.09 Å². The third kappa shape index (κ3) is 3.41. The molecule has 0 radical (unpaired) electrons. The number of nitrogen functional groups attached to an aromatic ring is 1. The van der Waals surface area contributed by atoms with Crippen LogP contribution in [0.15, 0.2) is 12.3 Å². The van der Waals surface area contributed by atoms with Crippen LogP contribution >= 0.6 is 0 Å². The molecule has 1 aliphatic carbocycles. The van der Waals surface area contributed by atoms with Crippen molar-refractivity contribution in [2.45, 2.75) is 44.8 Å². The summed E-state index contributed by atoms with van der Waals surface area (Å²) < 4.78 is 11.1. The molecule has 3 fully saturated rings. The van der Waals surface area contributed by atoms with Crippen LogP contribution in [0.2, 0.25) is 0 Å². The topological polar surface area (TPSA) is 120 Å². The Kier molecular flexibility index (Phi) is 4.86. The highest BCUT2D eigenvalue weighted by Crippen LogP contribution is 2.36. The molecule has 2 saturated heterocycles. The number of rotatable bonds is 3. The van der Waals surface area contributed by atoms with E-state index in [0.29, 0.717) is 43.8 Å². The highest BCUT2D eigenvalue weighted by atomic mass is 16.6. The first-order valence-corrected chi connectivity index (χ1v) is 10.4. The third-order valence-electron chi connectivity index (χ3n) is 5.96. The van der Waals surface area contributed by atoms with Gasteiger partial charge in [-0.2, -0.15) is 4.98 Å². The SMILES string of the molecule is Cc1nc(N)ncc1-c1cc(N2C(=O)O[C@H]3CCCC[C@@H]32)nc(N2CCOCC2)n1. The molecule has 2 atom stereocenters. The minimum Gasteiger partial charge on any atom is -0.444 e. The van der Waals surface area contributed by atoms with Crippen molar-refractivity contribution in [1.82, 2.24) is 19.9 Å². The van der Waals surface area contributed by atoms with Gasteiger partial charge in [0, 0.05) is 30.9 Å². The van der Waals surface area contributed by atoms with E-state index in [0.717, 1.165) is 36.9 Å². The quantitative estimate of drug-likeness (QED) is 0.807. The van der Waals surface area contributed by atoms with E-state index in [1.54, 1.807) is 11.1 Å². The summed E-state index contributed by atoms with van der Waals surface area (Å²) in [5.41, 5.74) is 7.87. The summed E-state index contributed by atoms with van der Waals surface area (Å²) in [6, 6.07) is 1.83. The van der Waals surface area contributed by atoms with Crippen molar-refractivity contribution >= 4 is 23.8 Å². The molecule has 2 N–H and O–H groups in total. The molecule has 30 heavy (non-hydrogen) atoms. The van der Waals surface area contributed by atoms with Crippen LogP contribution in [-0.2, 0) is 9.47 Å². The highest BCUT2D eigenvalue weighted by molar-refractivity contribution is 5.90. The number of anilines is 3. The molecule has 0 unspecified atom stereocenters. The number of amides is 1. The van der Waals surface area contributed by atoms with Gasteiger partial charge in [0.05, 0.1) is 30.6 Å². The fourth-order valence-electron chi connectivity index (χ4n) is 4.42. The second kappa shape index (κ2) is 7.67. The Hall–Kier alpha value is -3.01. The minimum atomic E-state index is -0.338. The van der Waals surface area contributed by atoms with E-state index in [9.17, 15) is 4.79 Å². The molecule has 1 amide bonds. The van der Waals surface area contributed by atoms with Gasteiger partial charge in [0.1, 0.15) is 11.9 Å². The lowest BCUT2D eigenvalue weighted by atomic mass is 9.92. The summed E-state index contributed by atoms with van der Waals surface area (Å²) in [4.78, 5) is 34.5. The van der Waals surface area contributed by atoms with Crippen LogP contribution < -0.4 is 15.5 Å². The van der Waals surface area contributed by atoms with E-state index < -0.39 is 0 Å². The first-order chi connectivity index (χ1) is 14.6. The molecule has 2 aliphatic heterocycles. The Bertz CT molecular complexity index is 963. The van der Waals surface area contributed by atoms with Gasteiger partial charge in [0.15, 0.2) is 0 Å². The molecule has 10 nitrogen and oxygen atoms in total. The van der Waals surface area contributed by atoms with Crippen LogP contribution in [0.5, 0.6) is 0 Å². The average Bonchev–Trinajstić information content (AvgIpc) is 3.09. The zero-order chi connectivity index (χ0) is 20.7. The maximum Gasteiger partial charge on any atom is 0.416 e. The lowest BCUT2D eigenvalue weighted by Gasteiger charge is -2.30. The first-order valence-electron chi connectivity index (χ1n) is 10.4. The van der Waals surface area contributed by atoms with E-state index in [-0.39, 0.29) is 24.2 Å². The number of carbonyl (C=O) groups is 1. The standard InChI is InChI=1S/C20H25N7O3/c1-12-13(11-22-18(21)23-12)14-10-17(25-19(24-14)26-6-8-29-9-7-26)27-15-4-2-3-5-16(15)30-20(27)28/h10-11,15-16H,2-9H2,1H3,(H2,21,22,23)/t15-,16-/m0/s1. The van der Waals surface area contributed by atoms with Crippen LogP contribution in [0.3, 0.4) is 0 Å². The fraction of sp³-hybridized carbons (Fsp3) is 0.550. The van der Waals surface area contributed by atoms with Crippen LogP contribution in [-0.4, -0.2) is 64.5 Å². The van der Waals surface area contributed by atoms with E-state index >= 15 is 0 Å². The molecule has 4 heterocycles. The van der Waals surface area contributed by atoms with E-state index in [1.807, 2.05) is 13.0 Å². The number of aryl methyl sites for hydroxylation is 1. The summed E-state index contributed by atoms with van der Waals surface area (Å²) in [5, 5.41) is 0. The molecular weight excluding hydrogens is 386 g/mol. The van der Waals surface area contributed by atoms with E-state index in [4.69, 9.17) is 25.2 Å². The second-order valence-electron chi connectivity index (χ2n) is 7.88. The molecule has 1 saturated carbocycles. The number of nitrogens with two attached hydrogens (primary N) is 1. The van der Waals surface area contributed by atoms with Gasteiger partial charge in [-0.1, -0.05) is 6.42 Å². The Morgan fingerprint density at radius 3 is 2.73 bits per heavy atom. The Morgan fingerprint density at radius 1 is 1.13 bits per heavy atom. The number of ether oxygens (including phenoxy) is 2. The number of carbonyl (C=O) groups excluding carboxylic acids is 1. The van der Waals surface area contributed by atoms with Gasteiger partial charge in [-0.25, -0.2) is 19.7 Å². The smallest absolute Gasteiger partial charge is 0.416 e. The van der Waals surface area contributed by atoms with Gasteiger partial charge in [0.2, 0.25) is 11.9 Å². The van der Waals surface area contributed by atoms with Gasteiger partial charge in [-0.05, 0) is 26.2 Å². The van der Waals surface area contributed by atoms with Crippen LogP contribution in [0, 0.1) is 6.92 Å². The van der Waals surface area contributed by atoms with Gasteiger partial charge < -0.3 is 20.1 Å². The van der Waals surface area contributed by atoms with Crippen molar-refractivity contribution in [2.75, 3.05) is 41.8 Å². The van der Waals surface area contributed by atoms with Gasteiger partial charge in [-0.15, -0.1) is 0 Å². The number of aromatic nitrogens is 4. The number of nitrogens with zero attached hydrogens (tertiary/aromatic N) is 6. The van der Waals surface area contributed by atoms with Crippen molar-refractivity contribution in [3.63, 3.8) is 0 Å². The summed E-state index contributed by atoms with van der Waals surface area (Å²) in [5.74, 6) is 1.33. The van der Waals surface area contributed by atoms with Crippen molar-refractivity contribution < 1.29 is 14.3 Å². The molecule has 158 valence electrons. The van der Waals surface area contributed by atoms with Crippen molar-refractivity contribution in [3.8, 4) is 11.3 Å². The monoisotopic (exact) mass is 411 g/mol. The van der Waals surface area contributed by atoms with Crippen LogP contribution in [0.1, 0.15) is 31.4 Å². The molecule has 2 aromatic rings. The summed E-state index contributed by atoms with van der Waals surface area (Å²) >= 11 is 0. The predicted molar refractivity (Wildman–Crippen MR) is 110 cm³/mol. The summed E-state index contributed by atoms with van der Waals surface area (Å²) in [6.07, 6.45) is 5.22. The maximum atomic E-state index is 12.8. The highest BCUT2D eigenvalue weighted by Gasteiger charge is 2.44. The zero-order valence-electron chi connectivity index (χ0n) is 17.0. The minimum absolute atomic E-state index is 0.00954. The molecule has 0 aromatic carbocycles. The molecule has 5 rings (SSSR count). The number of fused-ring (bicyclic) bond motifs is 1. The van der Waals surface area contributed by atoms with Crippen molar-refractivity contribution in [2.24, 2.45) is 0 Å². The normalized spacial score (nSPS) is 24.0. The zero-order valence-corrected chi connectivity index (χ0v) is 17.0. The summed E-state index contributed by atoms with van der Waals surface area (Å²) in [7, 11) is 0. The summed E-state index contributed by atoms with van der Waals surface area (Å²) in [6.45, 7) is 4.48. The van der Waals surface area contributed by atoms with Crippen LogP contribution in [0.4, 0.5) is 22.5 Å². The maximum absolute atomic E-state index is 12.8. The predicted octanol–water partition coefficient (Wildman–Crippen LogP) is 1.93. The molecule has 10 heteroatoms. The lowest BCUT2D eigenvalue weighted by Crippen LogP contribution is -2.40. The number of morpholine rings is 1. The van der Waals surface area contributed by atoms with Crippen LogP contribution in [0.25, 0.3) is 11.3 Å². The number of hydrogen-bond donors (Lipinski definition) is 1. The third-order valence-corrected chi connectivity index (χ3v) is 5.96. The Labute approximate surface area is 174 Å². The first kappa shape index (κ1) is 19.0. The second-order valence-corrected chi connectivity index (χ2v) is 7.88.